The summed E-state index contributed by atoms with van der Waals surface area (Å²) in [4.78, 5) is 4.52. The Bertz CT molecular complexity index is 841. The van der Waals surface area contributed by atoms with Crippen LogP contribution in [-0.4, -0.2) is 31.2 Å². The fraction of sp³-hybridized carbons (Fsp3) is 0.389. The number of hydrogen-bond acceptors (Lipinski definition) is 5. The highest BCUT2D eigenvalue weighted by molar-refractivity contribution is 5.28. The van der Waals surface area contributed by atoms with Gasteiger partial charge in [0.15, 0.2) is 5.82 Å². The monoisotopic (exact) mass is 338 g/mol. The molecule has 3 aromatic rings. The number of hydrogen-bond donors (Lipinski definition) is 1. The first-order valence-corrected chi connectivity index (χ1v) is 8.58. The van der Waals surface area contributed by atoms with E-state index in [1.807, 2.05) is 47.6 Å². The van der Waals surface area contributed by atoms with Crippen LogP contribution in [0, 0.1) is 13.8 Å². The summed E-state index contributed by atoms with van der Waals surface area (Å²) in [7, 11) is 0. The molecule has 0 radical (unpaired) electrons. The summed E-state index contributed by atoms with van der Waals surface area (Å²) in [5.41, 5.74) is 4.22. The highest BCUT2D eigenvalue weighted by atomic mass is 16.5. The van der Waals surface area contributed by atoms with Crippen LogP contribution in [0.25, 0.3) is 5.82 Å². The third-order valence-electron chi connectivity index (χ3n) is 4.23. The van der Waals surface area contributed by atoms with Crippen LogP contribution in [0.3, 0.4) is 0 Å². The topological polar surface area (TPSA) is 69.8 Å². The molecule has 4 heterocycles. The molecular weight excluding hydrogens is 316 g/mol. The molecule has 0 saturated heterocycles. The molecule has 0 aliphatic carbocycles. The first kappa shape index (κ1) is 15.8. The molecule has 25 heavy (non-hydrogen) atoms. The Hall–Kier alpha value is -2.67. The number of aromatic nitrogens is 5. The molecule has 7 heteroatoms. The largest absolute Gasteiger partial charge is 0.478 e. The van der Waals surface area contributed by atoms with Crippen molar-refractivity contribution in [2.75, 3.05) is 6.61 Å². The van der Waals surface area contributed by atoms with Gasteiger partial charge in [-0.1, -0.05) is 6.07 Å². The van der Waals surface area contributed by atoms with Gasteiger partial charge in [-0.15, -0.1) is 0 Å². The minimum Gasteiger partial charge on any atom is -0.478 e. The summed E-state index contributed by atoms with van der Waals surface area (Å²) in [5, 5.41) is 12.4. The first-order valence-electron chi connectivity index (χ1n) is 8.58. The Morgan fingerprint density at radius 1 is 1.16 bits per heavy atom. The van der Waals surface area contributed by atoms with E-state index in [0.717, 1.165) is 60.5 Å². The highest BCUT2D eigenvalue weighted by Crippen LogP contribution is 2.18. The molecule has 0 atom stereocenters. The molecule has 1 aliphatic rings. The van der Waals surface area contributed by atoms with Gasteiger partial charge in [0.2, 0.25) is 5.88 Å². The average Bonchev–Trinajstić information content (AvgIpc) is 3.17. The fourth-order valence-corrected chi connectivity index (χ4v) is 3.05. The molecule has 4 rings (SSSR count). The molecule has 130 valence electrons. The molecule has 0 aromatic carbocycles. The van der Waals surface area contributed by atoms with Gasteiger partial charge in [-0.3, -0.25) is 0 Å². The quantitative estimate of drug-likeness (QED) is 0.772. The molecule has 0 amide bonds. The van der Waals surface area contributed by atoms with E-state index in [-0.39, 0.29) is 0 Å². The number of ether oxygens (including phenoxy) is 1. The lowest BCUT2D eigenvalue weighted by Crippen LogP contribution is -2.15. The minimum absolute atomic E-state index is 0.711. The van der Waals surface area contributed by atoms with Crippen molar-refractivity contribution in [1.82, 2.24) is 29.9 Å². The number of nitrogens with zero attached hydrogens (tertiary/aromatic N) is 5. The van der Waals surface area contributed by atoms with E-state index in [1.165, 1.54) is 0 Å². The average molecular weight is 338 g/mol. The van der Waals surface area contributed by atoms with Crippen LogP contribution in [0.5, 0.6) is 5.88 Å². The molecule has 0 fully saturated rings. The van der Waals surface area contributed by atoms with Gasteiger partial charge in [0, 0.05) is 44.0 Å². The van der Waals surface area contributed by atoms with Crippen LogP contribution in [0.2, 0.25) is 0 Å². The predicted octanol–water partition coefficient (Wildman–Crippen LogP) is 2.15. The summed E-state index contributed by atoms with van der Waals surface area (Å²) < 4.78 is 9.39. The van der Waals surface area contributed by atoms with Crippen molar-refractivity contribution in [3.63, 3.8) is 0 Å². The van der Waals surface area contributed by atoms with Crippen LogP contribution in [0.1, 0.15) is 29.1 Å². The van der Waals surface area contributed by atoms with E-state index >= 15 is 0 Å². The molecule has 3 aromatic heterocycles. The number of nitrogens with one attached hydrogen (secondary N) is 1. The predicted molar refractivity (Wildman–Crippen MR) is 93.7 cm³/mol. The van der Waals surface area contributed by atoms with Crippen molar-refractivity contribution >= 4 is 0 Å². The zero-order valence-corrected chi connectivity index (χ0v) is 14.6. The minimum atomic E-state index is 0.711. The smallest absolute Gasteiger partial charge is 0.212 e. The van der Waals surface area contributed by atoms with Crippen molar-refractivity contribution in [3.05, 3.63) is 53.1 Å². The van der Waals surface area contributed by atoms with Gasteiger partial charge in [0.05, 0.1) is 18.0 Å². The lowest BCUT2D eigenvalue weighted by molar-refractivity contribution is 0.230. The van der Waals surface area contributed by atoms with E-state index in [9.17, 15) is 0 Å². The molecule has 0 unspecified atom stereocenters. The SMILES string of the molecule is Cc1cc(C)n(-c2ccc(CNCc3cc4n(n3)CCCO4)cn2)n1. The summed E-state index contributed by atoms with van der Waals surface area (Å²) >= 11 is 0. The fourth-order valence-electron chi connectivity index (χ4n) is 3.05. The van der Waals surface area contributed by atoms with Gasteiger partial charge in [-0.25, -0.2) is 14.3 Å². The second kappa shape index (κ2) is 6.68. The summed E-state index contributed by atoms with van der Waals surface area (Å²) in [5.74, 6) is 1.72. The summed E-state index contributed by atoms with van der Waals surface area (Å²) in [6.45, 7) is 7.20. The second-order valence-corrected chi connectivity index (χ2v) is 6.37. The van der Waals surface area contributed by atoms with Gasteiger partial charge in [0.25, 0.3) is 0 Å². The summed E-state index contributed by atoms with van der Waals surface area (Å²) in [6, 6.07) is 8.13. The lowest BCUT2D eigenvalue weighted by atomic mass is 10.2. The maximum atomic E-state index is 5.59. The van der Waals surface area contributed by atoms with Crippen molar-refractivity contribution < 1.29 is 4.74 Å². The number of fused-ring (bicyclic) bond motifs is 1. The summed E-state index contributed by atoms with van der Waals surface area (Å²) in [6.07, 6.45) is 2.91. The Labute approximate surface area is 146 Å². The molecule has 0 saturated carbocycles. The van der Waals surface area contributed by atoms with E-state index < -0.39 is 0 Å². The molecular formula is C18H22N6O. The van der Waals surface area contributed by atoms with Gasteiger partial charge >= 0.3 is 0 Å². The van der Waals surface area contributed by atoms with Crippen molar-refractivity contribution in [3.8, 4) is 11.7 Å². The molecule has 7 nitrogen and oxygen atoms in total. The van der Waals surface area contributed by atoms with Gasteiger partial charge in [0.1, 0.15) is 0 Å². The zero-order valence-electron chi connectivity index (χ0n) is 14.6. The van der Waals surface area contributed by atoms with Crippen LogP contribution >= 0.6 is 0 Å². The Balaban J connectivity index is 1.35. The van der Waals surface area contributed by atoms with Crippen molar-refractivity contribution in [1.29, 1.82) is 0 Å². The third-order valence-corrected chi connectivity index (χ3v) is 4.23. The zero-order chi connectivity index (χ0) is 17.2. The van der Waals surface area contributed by atoms with Crippen LogP contribution < -0.4 is 10.1 Å². The lowest BCUT2D eigenvalue weighted by Gasteiger charge is -2.13. The standard InChI is InChI=1S/C18H22N6O/c1-13-8-14(2)24(21-13)17-5-4-15(11-20-17)10-19-12-16-9-18-23(22-16)6-3-7-25-18/h4-5,8-9,11,19H,3,6-7,10,12H2,1-2H3. The molecule has 0 spiro atoms. The Morgan fingerprint density at radius 3 is 2.80 bits per heavy atom. The van der Waals surface area contributed by atoms with Crippen LogP contribution in [0.15, 0.2) is 30.5 Å². The number of rotatable bonds is 5. The van der Waals surface area contributed by atoms with Crippen LogP contribution in [0.4, 0.5) is 0 Å². The van der Waals surface area contributed by atoms with E-state index in [2.05, 4.69) is 26.6 Å². The highest BCUT2D eigenvalue weighted by Gasteiger charge is 2.12. The first-order chi connectivity index (χ1) is 12.2. The van der Waals surface area contributed by atoms with E-state index in [0.29, 0.717) is 6.54 Å². The third kappa shape index (κ3) is 3.41. The van der Waals surface area contributed by atoms with E-state index in [4.69, 9.17) is 4.74 Å². The maximum absolute atomic E-state index is 5.59. The van der Waals surface area contributed by atoms with Crippen LogP contribution in [-0.2, 0) is 19.6 Å². The van der Waals surface area contributed by atoms with Crippen molar-refractivity contribution in [2.24, 2.45) is 0 Å². The van der Waals surface area contributed by atoms with Crippen molar-refractivity contribution in [2.45, 2.75) is 39.9 Å². The molecule has 0 bridgehead atoms. The molecule has 1 aliphatic heterocycles. The van der Waals surface area contributed by atoms with Gasteiger partial charge < -0.3 is 10.1 Å². The van der Waals surface area contributed by atoms with E-state index in [1.54, 1.807) is 0 Å². The Kier molecular flexibility index (Phi) is 4.23. The van der Waals surface area contributed by atoms with Gasteiger partial charge in [-0.2, -0.15) is 10.2 Å². The van der Waals surface area contributed by atoms with Gasteiger partial charge in [-0.05, 0) is 31.5 Å². The Morgan fingerprint density at radius 2 is 2.08 bits per heavy atom. The normalized spacial score (nSPS) is 13.5. The number of pyridine rings is 1. The second-order valence-electron chi connectivity index (χ2n) is 6.37. The molecule has 1 N–H and O–H groups in total. The maximum Gasteiger partial charge on any atom is 0.212 e. The number of aryl methyl sites for hydroxylation is 3.